The summed E-state index contributed by atoms with van der Waals surface area (Å²) in [7, 11) is 0. The van der Waals surface area contributed by atoms with Crippen LogP contribution in [-0.2, 0) is 17.6 Å². The number of carboxylic acids is 1. The van der Waals surface area contributed by atoms with Crippen LogP contribution in [-0.4, -0.2) is 53.7 Å². The fourth-order valence-electron chi connectivity index (χ4n) is 4.99. The summed E-state index contributed by atoms with van der Waals surface area (Å²) in [5, 5.41) is 20.0. The lowest BCUT2D eigenvalue weighted by molar-refractivity contribution is 0.0694. The summed E-state index contributed by atoms with van der Waals surface area (Å²) in [5.74, 6) is -1.86. The van der Waals surface area contributed by atoms with Crippen LogP contribution in [0.25, 0.3) is 10.9 Å². The molecule has 0 aliphatic carbocycles. The first-order valence-electron chi connectivity index (χ1n) is 12.5. The number of fused-ring (bicyclic) bond motifs is 1. The highest BCUT2D eigenvalue weighted by atomic mass is 35.5. The van der Waals surface area contributed by atoms with Crippen LogP contribution in [0.4, 0.5) is 10.1 Å². The number of halogens is 2. The Hall–Kier alpha value is -2.94. The fraction of sp³-hybridized carbons (Fsp3) is 0.429. The Morgan fingerprint density at radius 1 is 1.14 bits per heavy atom. The number of benzene rings is 2. The van der Waals surface area contributed by atoms with Gasteiger partial charge in [-0.25, -0.2) is 9.18 Å². The van der Waals surface area contributed by atoms with Gasteiger partial charge >= 0.3 is 5.97 Å². The zero-order chi connectivity index (χ0) is 26.9. The van der Waals surface area contributed by atoms with Crippen molar-refractivity contribution in [3.05, 3.63) is 73.8 Å². The molecule has 0 spiro atoms. The van der Waals surface area contributed by atoms with Crippen LogP contribution >= 0.6 is 11.6 Å². The largest absolute Gasteiger partial charge is 0.477 e. The number of aryl methyl sites for hydroxylation is 1. The number of aromatic carboxylic acids is 1. The number of carbonyl (C=O) groups is 1. The second-order valence-corrected chi connectivity index (χ2v) is 10.2. The molecule has 3 aromatic rings. The summed E-state index contributed by atoms with van der Waals surface area (Å²) >= 11 is 6.28. The number of carboxylic acid groups (broad SMARTS) is 1. The Morgan fingerprint density at radius 2 is 1.84 bits per heavy atom. The molecule has 37 heavy (non-hydrogen) atoms. The van der Waals surface area contributed by atoms with Crippen LogP contribution in [0.3, 0.4) is 0 Å². The van der Waals surface area contributed by atoms with E-state index in [-0.39, 0.29) is 34.9 Å². The number of rotatable bonds is 8. The van der Waals surface area contributed by atoms with Crippen molar-refractivity contribution < 1.29 is 24.1 Å². The van der Waals surface area contributed by atoms with Crippen molar-refractivity contribution in [1.82, 2.24) is 4.57 Å². The van der Waals surface area contributed by atoms with E-state index in [0.717, 1.165) is 16.8 Å². The van der Waals surface area contributed by atoms with Gasteiger partial charge in [0.1, 0.15) is 11.4 Å². The summed E-state index contributed by atoms with van der Waals surface area (Å²) in [4.78, 5) is 27.2. The molecule has 2 N–H and O–H groups in total. The molecule has 2 heterocycles. The fourth-order valence-corrected chi connectivity index (χ4v) is 5.23. The van der Waals surface area contributed by atoms with E-state index in [0.29, 0.717) is 43.8 Å². The molecule has 0 saturated carbocycles. The summed E-state index contributed by atoms with van der Waals surface area (Å²) in [6, 6.07) is 6.50. The Balaban J connectivity index is 1.89. The van der Waals surface area contributed by atoms with Crippen LogP contribution in [0.2, 0.25) is 5.02 Å². The van der Waals surface area contributed by atoms with Crippen molar-refractivity contribution >= 4 is 34.2 Å². The number of aromatic nitrogens is 1. The molecular weight excluding hydrogens is 499 g/mol. The molecule has 1 saturated heterocycles. The second-order valence-electron chi connectivity index (χ2n) is 9.75. The number of hydrogen-bond donors (Lipinski definition) is 2. The molecule has 1 unspecified atom stereocenters. The maximum absolute atomic E-state index is 15.2. The third kappa shape index (κ3) is 5.37. The standard InChI is InChI=1S/C28H32ClFN2O5/c1-4-17-12-24-21(27(34)22(28(35)36)14-32(24)25(15-33)16(2)3)11-18(17)9-19-10-20(13-23(29)26(19)30)31-5-7-37-8-6-31/h10-14,16,25,33H,4-9,15H2,1-3H3,(H,35,36). The van der Waals surface area contributed by atoms with E-state index in [9.17, 15) is 19.8 Å². The highest BCUT2D eigenvalue weighted by molar-refractivity contribution is 6.31. The van der Waals surface area contributed by atoms with Gasteiger partial charge in [0.15, 0.2) is 0 Å². The molecule has 2 aromatic carbocycles. The SMILES string of the molecule is CCc1cc2c(cc1Cc1cc(N3CCOCC3)cc(Cl)c1F)c(=O)c(C(=O)O)cn2C(CO)C(C)C. The number of aliphatic hydroxyl groups is 1. The first-order chi connectivity index (χ1) is 17.7. The van der Waals surface area contributed by atoms with Crippen LogP contribution in [0.5, 0.6) is 0 Å². The maximum Gasteiger partial charge on any atom is 0.341 e. The lowest BCUT2D eigenvalue weighted by Crippen LogP contribution is -2.36. The van der Waals surface area contributed by atoms with Crippen molar-refractivity contribution in [2.75, 3.05) is 37.8 Å². The highest BCUT2D eigenvalue weighted by Crippen LogP contribution is 2.31. The van der Waals surface area contributed by atoms with Gasteiger partial charge in [-0.15, -0.1) is 0 Å². The van der Waals surface area contributed by atoms with Crippen molar-refractivity contribution in [2.24, 2.45) is 5.92 Å². The molecule has 1 aromatic heterocycles. The highest BCUT2D eigenvalue weighted by Gasteiger charge is 2.23. The third-order valence-electron chi connectivity index (χ3n) is 7.12. The zero-order valence-electron chi connectivity index (χ0n) is 21.3. The molecule has 7 nitrogen and oxygen atoms in total. The number of hydrogen-bond acceptors (Lipinski definition) is 5. The Morgan fingerprint density at radius 3 is 2.43 bits per heavy atom. The number of morpholine rings is 1. The predicted octanol–water partition coefficient (Wildman–Crippen LogP) is 4.67. The van der Waals surface area contributed by atoms with Crippen LogP contribution in [0.1, 0.15) is 53.9 Å². The van der Waals surface area contributed by atoms with E-state index in [4.69, 9.17) is 16.3 Å². The van der Waals surface area contributed by atoms with Crippen molar-refractivity contribution in [2.45, 2.75) is 39.7 Å². The predicted molar refractivity (Wildman–Crippen MR) is 143 cm³/mol. The maximum atomic E-state index is 15.2. The van der Waals surface area contributed by atoms with Crippen molar-refractivity contribution in [3.63, 3.8) is 0 Å². The third-order valence-corrected chi connectivity index (χ3v) is 7.40. The minimum Gasteiger partial charge on any atom is -0.477 e. The van der Waals surface area contributed by atoms with Gasteiger partial charge in [-0.1, -0.05) is 32.4 Å². The van der Waals surface area contributed by atoms with E-state index < -0.39 is 23.3 Å². The van der Waals surface area contributed by atoms with Gasteiger partial charge in [-0.05, 0) is 53.3 Å². The van der Waals surface area contributed by atoms with Gasteiger partial charge in [-0.2, -0.15) is 0 Å². The number of anilines is 1. The number of ether oxygens (including phenoxy) is 1. The molecule has 1 aliphatic heterocycles. The molecular formula is C28H32ClFN2O5. The summed E-state index contributed by atoms with van der Waals surface area (Å²) < 4.78 is 22.3. The number of nitrogens with zero attached hydrogens (tertiary/aromatic N) is 2. The zero-order valence-corrected chi connectivity index (χ0v) is 22.0. The van der Waals surface area contributed by atoms with Crippen LogP contribution < -0.4 is 10.3 Å². The summed E-state index contributed by atoms with van der Waals surface area (Å²) in [6.07, 6.45) is 2.12. The summed E-state index contributed by atoms with van der Waals surface area (Å²) in [6.45, 7) is 8.13. The Labute approximate surface area is 220 Å². The van der Waals surface area contributed by atoms with Crippen LogP contribution in [0.15, 0.2) is 35.3 Å². The molecule has 1 aliphatic rings. The summed E-state index contributed by atoms with van der Waals surface area (Å²) in [5.41, 5.74) is 2.39. The lowest BCUT2D eigenvalue weighted by Gasteiger charge is -2.29. The van der Waals surface area contributed by atoms with E-state index in [2.05, 4.69) is 4.90 Å². The first kappa shape index (κ1) is 27.1. The van der Waals surface area contributed by atoms with Crippen molar-refractivity contribution in [3.8, 4) is 0 Å². The Bertz CT molecular complexity index is 1380. The van der Waals surface area contributed by atoms with E-state index in [1.165, 1.54) is 6.20 Å². The first-order valence-corrected chi connectivity index (χ1v) is 12.9. The molecule has 1 atom stereocenters. The molecule has 0 radical (unpaired) electrons. The number of pyridine rings is 1. The monoisotopic (exact) mass is 530 g/mol. The van der Waals surface area contributed by atoms with Gasteiger partial charge in [0, 0.05) is 36.8 Å². The molecule has 9 heteroatoms. The molecule has 198 valence electrons. The van der Waals surface area contributed by atoms with E-state index in [1.54, 1.807) is 22.8 Å². The lowest BCUT2D eigenvalue weighted by atomic mass is 9.94. The second kappa shape index (κ2) is 11.2. The normalized spacial score (nSPS) is 14.9. The molecule has 0 amide bonds. The number of aliphatic hydroxyl groups excluding tert-OH is 1. The average Bonchev–Trinajstić information content (AvgIpc) is 2.88. The van der Waals surface area contributed by atoms with E-state index in [1.807, 2.05) is 26.8 Å². The smallest absolute Gasteiger partial charge is 0.341 e. The van der Waals surface area contributed by atoms with E-state index >= 15 is 4.39 Å². The quantitative estimate of drug-likeness (QED) is 0.440. The van der Waals surface area contributed by atoms with Gasteiger partial charge < -0.3 is 24.4 Å². The molecule has 1 fully saturated rings. The van der Waals surface area contributed by atoms with Gasteiger partial charge in [0.2, 0.25) is 5.43 Å². The minimum absolute atomic E-state index is 0.0127. The topological polar surface area (TPSA) is 92.0 Å². The van der Waals surface area contributed by atoms with Gasteiger partial charge in [0.05, 0.1) is 36.4 Å². The van der Waals surface area contributed by atoms with Crippen LogP contribution in [0, 0.1) is 11.7 Å². The molecule has 4 rings (SSSR count). The van der Waals surface area contributed by atoms with Gasteiger partial charge in [0.25, 0.3) is 0 Å². The minimum atomic E-state index is -1.33. The molecule has 0 bridgehead atoms. The average molecular weight is 531 g/mol. The van der Waals surface area contributed by atoms with Gasteiger partial charge in [-0.3, -0.25) is 4.79 Å². The Kier molecular flexibility index (Phi) is 8.21. The van der Waals surface area contributed by atoms with Crippen molar-refractivity contribution in [1.29, 1.82) is 0 Å².